The molecule has 0 aliphatic heterocycles. The highest BCUT2D eigenvalue weighted by Gasteiger charge is 2.06. The smallest absolute Gasteiger partial charge is 0.0277 e. The van der Waals surface area contributed by atoms with E-state index in [1.807, 2.05) is 19.1 Å². The highest BCUT2D eigenvalue weighted by atomic mass is 79.9. The third-order valence-electron chi connectivity index (χ3n) is 2.51. The molecule has 0 heterocycles. The van der Waals surface area contributed by atoms with E-state index in [2.05, 4.69) is 62.2 Å². The Bertz CT molecular complexity index is 538. The molecule has 0 saturated heterocycles. The molecular weight excluding hydrogens is 374 g/mol. The number of hydrogen-bond donors (Lipinski definition) is 1. The second-order valence-corrected chi connectivity index (χ2v) is 6.94. The minimum Gasteiger partial charge on any atom is -0.324 e. The van der Waals surface area contributed by atoms with E-state index in [-0.39, 0.29) is 6.04 Å². The van der Waals surface area contributed by atoms with Gasteiger partial charge in [0.05, 0.1) is 0 Å². The van der Waals surface area contributed by atoms with Crippen LogP contribution in [0.15, 0.2) is 61.2 Å². The average Bonchev–Trinajstić information content (AvgIpc) is 2.32. The van der Waals surface area contributed by atoms with E-state index in [9.17, 15) is 0 Å². The van der Waals surface area contributed by atoms with E-state index >= 15 is 0 Å². The van der Waals surface area contributed by atoms with E-state index in [0.29, 0.717) is 0 Å². The highest BCUT2D eigenvalue weighted by molar-refractivity contribution is 9.10. The molecule has 0 unspecified atom stereocenters. The molecule has 94 valence electrons. The number of hydrogen-bond acceptors (Lipinski definition) is 2. The first kappa shape index (κ1) is 14.1. The largest absolute Gasteiger partial charge is 0.324 e. The number of halogens is 2. The standard InChI is InChI=1S/C14H13Br2NS/c1-9(17)13-7-6-12(8-14(13)16)18-11-4-2-10(15)3-5-11/h2-9H,17H2,1H3/t9-/m1/s1. The van der Waals surface area contributed by atoms with Crippen molar-refractivity contribution in [3.05, 3.63) is 57.0 Å². The third-order valence-corrected chi connectivity index (χ3v) is 4.72. The van der Waals surface area contributed by atoms with Gasteiger partial charge in [0.15, 0.2) is 0 Å². The van der Waals surface area contributed by atoms with Crippen molar-refractivity contribution in [2.24, 2.45) is 5.73 Å². The molecule has 2 rings (SSSR count). The fraction of sp³-hybridized carbons (Fsp3) is 0.143. The molecule has 0 saturated carbocycles. The lowest BCUT2D eigenvalue weighted by molar-refractivity contribution is 0.811. The molecule has 2 aromatic rings. The summed E-state index contributed by atoms with van der Waals surface area (Å²) >= 11 is 8.75. The summed E-state index contributed by atoms with van der Waals surface area (Å²) in [5.74, 6) is 0. The van der Waals surface area contributed by atoms with Crippen molar-refractivity contribution in [1.29, 1.82) is 0 Å². The van der Waals surface area contributed by atoms with Crippen LogP contribution in [0.25, 0.3) is 0 Å². The molecule has 0 radical (unpaired) electrons. The molecule has 0 aromatic heterocycles. The van der Waals surface area contributed by atoms with E-state index < -0.39 is 0 Å². The van der Waals surface area contributed by atoms with E-state index in [0.717, 1.165) is 14.5 Å². The predicted molar refractivity (Wildman–Crippen MR) is 85.0 cm³/mol. The first-order chi connectivity index (χ1) is 8.56. The summed E-state index contributed by atoms with van der Waals surface area (Å²) < 4.78 is 2.17. The summed E-state index contributed by atoms with van der Waals surface area (Å²) in [5, 5.41) is 0. The molecule has 0 fully saturated rings. The zero-order valence-electron chi connectivity index (χ0n) is 9.86. The Morgan fingerprint density at radius 3 is 2.17 bits per heavy atom. The molecule has 1 atom stereocenters. The Morgan fingerprint density at radius 1 is 1.00 bits per heavy atom. The first-order valence-corrected chi connectivity index (χ1v) is 7.95. The molecule has 0 bridgehead atoms. The summed E-state index contributed by atoms with van der Waals surface area (Å²) in [6.07, 6.45) is 0. The lowest BCUT2D eigenvalue weighted by Crippen LogP contribution is -2.05. The summed E-state index contributed by atoms with van der Waals surface area (Å²) in [4.78, 5) is 2.42. The van der Waals surface area contributed by atoms with Gasteiger partial charge in [-0.3, -0.25) is 0 Å². The Labute approximate surface area is 128 Å². The summed E-state index contributed by atoms with van der Waals surface area (Å²) in [7, 11) is 0. The van der Waals surface area contributed by atoms with Gasteiger partial charge in [0.25, 0.3) is 0 Å². The Kier molecular flexibility index (Phi) is 4.90. The Morgan fingerprint density at radius 2 is 1.61 bits per heavy atom. The van der Waals surface area contributed by atoms with Crippen LogP contribution in [0.3, 0.4) is 0 Å². The van der Waals surface area contributed by atoms with Gasteiger partial charge >= 0.3 is 0 Å². The van der Waals surface area contributed by atoms with Crippen LogP contribution >= 0.6 is 43.6 Å². The van der Waals surface area contributed by atoms with Crippen LogP contribution in [0.4, 0.5) is 0 Å². The molecule has 2 N–H and O–H groups in total. The van der Waals surface area contributed by atoms with Gasteiger partial charge in [-0.2, -0.15) is 0 Å². The van der Waals surface area contributed by atoms with Crippen LogP contribution in [0.5, 0.6) is 0 Å². The highest BCUT2D eigenvalue weighted by Crippen LogP contribution is 2.32. The van der Waals surface area contributed by atoms with Crippen LogP contribution in [-0.2, 0) is 0 Å². The van der Waals surface area contributed by atoms with Crippen molar-refractivity contribution in [3.8, 4) is 0 Å². The fourth-order valence-corrected chi connectivity index (χ4v) is 3.59. The topological polar surface area (TPSA) is 26.0 Å². The SMILES string of the molecule is C[C@@H](N)c1ccc(Sc2ccc(Br)cc2)cc1Br. The molecule has 0 aliphatic rings. The monoisotopic (exact) mass is 385 g/mol. The van der Waals surface area contributed by atoms with Gasteiger partial charge in [0.2, 0.25) is 0 Å². The maximum absolute atomic E-state index is 5.89. The zero-order valence-corrected chi connectivity index (χ0v) is 13.8. The Hall–Kier alpha value is -0.290. The van der Waals surface area contributed by atoms with Crippen LogP contribution in [0, 0.1) is 0 Å². The minimum atomic E-state index is 0.0473. The second-order valence-electron chi connectivity index (χ2n) is 4.03. The molecule has 4 heteroatoms. The Balaban J connectivity index is 2.20. The summed E-state index contributed by atoms with van der Waals surface area (Å²) in [5.41, 5.74) is 7.03. The van der Waals surface area contributed by atoms with Gasteiger partial charge in [-0.1, -0.05) is 49.7 Å². The van der Waals surface area contributed by atoms with Gasteiger partial charge in [0, 0.05) is 24.8 Å². The van der Waals surface area contributed by atoms with Gasteiger partial charge in [-0.25, -0.2) is 0 Å². The maximum atomic E-state index is 5.89. The number of rotatable bonds is 3. The van der Waals surface area contributed by atoms with Crippen LogP contribution in [0.1, 0.15) is 18.5 Å². The maximum Gasteiger partial charge on any atom is 0.0277 e. The van der Waals surface area contributed by atoms with Gasteiger partial charge in [-0.15, -0.1) is 0 Å². The molecule has 1 nitrogen and oxygen atoms in total. The molecule has 0 aliphatic carbocycles. The van der Waals surface area contributed by atoms with Gasteiger partial charge < -0.3 is 5.73 Å². The molecule has 0 amide bonds. The average molecular weight is 387 g/mol. The van der Waals surface area contributed by atoms with Gasteiger partial charge in [-0.05, 0) is 48.9 Å². The first-order valence-electron chi connectivity index (χ1n) is 5.54. The minimum absolute atomic E-state index is 0.0473. The zero-order chi connectivity index (χ0) is 13.1. The van der Waals surface area contributed by atoms with E-state index in [1.54, 1.807) is 11.8 Å². The van der Waals surface area contributed by atoms with Crippen molar-refractivity contribution in [2.75, 3.05) is 0 Å². The van der Waals surface area contributed by atoms with Gasteiger partial charge in [0.1, 0.15) is 0 Å². The summed E-state index contributed by atoms with van der Waals surface area (Å²) in [6.45, 7) is 1.99. The number of benzene rings is 2. The van der Waals surface area contributed by atoms with Crippen LogP contribution < -0.4 is 5.73 Å². The van der Waals surface area contributed by atoms with Crippen molar-refractivity contribution in [3.63, 3.8) is 0 Å². The quantitative estimate of drug-likeness (QED) is 0.765. The van der Waals surface area contributed by atoms with E-state index in [1.165, 1.54) is 9.79 Å². The molecule has 0 spiro atoms. The lowest BCUT2D eigenvalue weighted by Gasteiger charge is -2.10. The molecule has 18 heavy (non-hydrogen) atoms. The van der Waals surface area contributed by atoms with Crippen molar-refractivity contribution in [1.82, 2.24) is 0 Å². The molecule has 2 aromatic carbocycles. The van der Waals surface area contributed by atoms with Crippen LogP contribution in [0.2, 0.25) is 0 Å². The fourth-order valence-electron chi connectivity index (χ4n) is 1.58. The van der Waals surface area contributed by atoms with E-state index in [4.69, 9.17) is 5.73 Å². The molecular formula is C14H13Br2NS. The van der Waals surface area contributed by atoms with Crippen molar-refractivity contribution >= 4 is 43.6 Å². The lowest BCUT2D eigenvalue weighted by atomic mass is 10.1. The van der Waals surface area contributed by atoms with Crippen molar-refractivity contribution < 1.29 is 0 Å². The summed E-state index contributed by atoms with van der Waals surface area (Å²) in [6, 6.07) is 14.6. The van der Waals surface area contributed by atoms with Crippen LogP contribution in [-0.4, -0.2) is 0 Å². The predicted octanol–water partition coefficient (Wildman–Crippen LogP) is 5.38. The third kappa shape index (κ3) is 3.60. The second kappa shape index (κ2) is 6.24. The number of nitrogens with two attached hydrogens (primary N) is 1. The van der Waals surface area contributed by atoms with Crippen molar-refractivity contribution in [2.45, 2.75) is 22.8 Å². The normalized spacial score (nSPS) is 12.4.